The summed E-state index contributed by atoms with van der Waals surface area (Å²) in [6.07, 6.45) is 6.60. The molecule has 7 aromatic rings. The first kappa shape index (κ1) is 35.5. The minimum absolute atomic E-state index is 0.00727. The minimum atomic E-state index is -0.863. The largest absolute Gasteiger partial charge is 0.365 e. The SMILES string of the molecule is CCCCc1ncc(C(=O)N2CCCC2)c(NCc2ccc(-c3ccccc3-c3nnnn3C(c3ccccc3)(c3ccccc3)c3ccccc3)cc2)n1. The highest BCUT2D eigenvalue weighted by molar-refractivity contribution is 5.98. The van der Waals surface area contributed by atoms with Gasteiger partial charge in [-0.05, 0) is 63.1 Å². The number of nitrogens with zero attached hydrogens (tertiary/aromatic N) is 7. The maximum atomic E-state index is 13.5. The smallest absolute Gasteiger partial charge is 0.259 e. The molecule has 274 valence electrons. The Hall–Kier alpha value is -6.48. The Morgan fingerprint density at radius 2 is 1.31 bits per heavy atom. The molecule has 55 heavy (non-hydrogen) atoms. The molecule has 2 aromatic heterocycles. The number of unbranched alkanes of at least 4 members (excludes halogenated alkanes) is 1. The quantitative estimate of drug-likeness (QED) is 0.119. The lowest BCUT2D eigenvalue weighted by Crippen LogP contribution is -2.39. The van der Waals surface area contributed by atoms with Crippen LogP contribution in [-0.2, 0) is 18.5 Å². The van der Waals surface area contributed by atoms with E-state index in [9.17, 15) is 4.79 Å². The standard InChI is InChI=1S/C46H44N8O/c1-2-3-25-42-47-33-41(45(55)53-30-15-16-31-53)43(49-42)48-32-34-26-28-35(29-27-34)39-23-13-14-24-40(39)44-50-51-52-54(44)46(36-17-7-4-8-18-36,37-19-9-5-10-20-37)38-21-11-6-12-22-38/h4-14,17-24,26-29,33H,2-3,15-16,25,30-32H2,1H3,(H,47,48,49). The molecule has 3 heterocycles. The molecule has 0 aliphatic carbocycles. The maximum Gasteiger partial charge on any atom is 0.259 e. The predicted octanol–water partition coefficient (Wildman–Crippen LogP) is 8.83. The predicted molar refractivity (Wildman–Crippen MR) is 216 cm³/mol. The highest BCUT2D eigenvalue weighted by Gasteiger charge is 2.42. The Bertz CT molecular complexity index is 2240. The molecule has 0 spiro atoms. The molecule has 1 amide bonds. The topological polar surface area (TPSA) is 102 Å². The second kappa shape index (κ2) is 16.3. The summed E-state index contributed by atoms with van der Waals surface area (Å²) in [5, 5.41) is 17.3. The van der Waals surface area contributed by atoms with Crippen LogP contribution in [0.2, 0.25) is 0 Å². The van der Waals surface area contributed by atoms with Crippen LogP contribution in [0.4, 0.5) is 5.82 Å². The van der Waals surface area contributed by atoms with E-state index < -0.39 is 5.54 Å². The minimum Gasteiger partial charge on any atom is -0.365 e. The van der Waals surface area contributed by atoms with E-state index in [2.05, 4.69) is 132 Å². The summed E-state index contributed by atoms with van der Waals surface area (Å²) in [7, 11) is 0. The number of amides is 1. The van der Waals surface area contributed by atoms with Gasteiger partial charge in [0, 0.05) is 37.8 Å². The molecular formula is C46H44N8O. The first-order chi connectivity index (χ1) is 27.2. The zero-order chi connectivity index (χ0) is 37.5. The zero-order valence-electron chi connectivity index (χ0n) is 31.1. The number of rotatable bonds is 13. The lowest BCUT2D eigenvalue weighted by Gasteiger charge is -2.36. The third kappa shape index (κ3) is 7.13. The van der Waals surface area contributed by atoms with Gasteiger partial charge in [0.25, 0.3) is 5.91 Å². The number of nitrogens with one attached hydrogen (secondary N) is 1. The van der Waals surface area contributed by atoms with Crippen LogP contribution in [0.1, 0.15) is 71.0 Å². The van der Waals surface area contributed by atoms with Crippen molar-refractivity contribution in [3.05, 3.63) is 179 Å². The van der Waals surface area contributed by atoms with Crippen molar-refractivity contribution in [3.8, 4) is 22.5 Å². The van der Waals surface area contributed by atoms with Crippen molar-refractivity contribution >= 4 is 11.7 Å². The normalized spacial score (nSPS) is 12.9. The van der Waals surface area contributed by atoms with Crippen LogP contribution in [0.3, 0.4) is 0 Å². The third-order valence-corrected chi connectivity index (χ3v) is 10.5. The van der Waals surface area contributed by atoms with Gasteiger partial charge in [-0.25, -0.2) is 14.6 Å². The molecule has 1 N–H and O–H groups in total. The van der Waals surface area contributed by atoms with Crippen molar-refractivity contribution in [1.82, 2.24) is 35.1 Å². The Labute approximate surface area is 322 Å². The van der Waals surface area contributed by atoms with Crippen LogP contribution in [0.5, 0.6) is 0 Å². The highest BCUT2D eigenvalue weighted by Crippen LogP contribution is 2.43. The van der Waals surface area contributed by atoms with E-state index in [1.165, 1.54) is 0 Å². The monoisotopic (exact) mass is 724 g/mol. The van der Waals surface area contributed by atoms with Gasteiger partial charge in [0.1, 0.15) is 22.7 Å². The van der Waals surface area contributed by atoms with Gasteiger partial charge >= 0.3 is 0 Å². The van der Waals surface area contributed by atoms with Crippen LogP contribution in [0.15, 0.2) is 146 Å². The van der Waals surface area contributed by atoms with Gasteiger partial charge in [0.05, 0.1) is 0 Å². The summed E-state index contributed by atoms with van der Waals surface area (Å²) in [5.74, 6) is 1.99. The molecule has 9 nitrogen and oxygen atoms in total. The summed E-state index contributed by atoms with van der Waals surface area (Å²) in [5.41, 5.74) is 6.82. The van der Waals surface area contributed by atoms with Gasteiger partial charge in [-0.3, -0.25) is 4.79 Å². The average Bonchev–Trinajstić information content (AvgIpc) is 3.98. The summed E-state index contributed by atoms with van der Waals surface area (Å²) in [6, 6.07) is 48.1. The van der Waals surface area contributed by atoms with Crippen LogP contribution in [-0.4, -0.2) is 54.1 Å². The number of carbonyl (C=O) groups is 1. The number of benzene rings is 5. The number of aryl methyl sites for hydroxylation is 1. The van der Waals surface area contributed by atoms with Crippen molar-refractivity contribution in [2.75, 3.05) is 18.4 Å². The van der Waals surface area contributed by atoms with E-state index in [0.717, 1.165) is 90.0 Å². The van der Waals surface area contributed by atoms with Crippen molar-refractivity contribution in [2.45, 2.75) is 51.1 Å². The maximum absolute atomic E-state index is 13.5. The molecule has 1 aliphatic rings. The van der Waals surface area contributed by atoms with Crippen LogP contribution in [0, 0.1) is 0 Å². The van der Waals surface area contributed by atoms with Crippen molar-refractivity contribution in [3.63, 3.8) is 0 Å². The molecule has 0 bridgehead atoms. The number of hydrogen-bond acceptors (Lipinski definition) is 7. The Balaban J connectivity index is 1.14. The van der Waals surface area contributed by atoms with Crippen molar-refractivity contribution in [2.24, 2.45) is 0 Å². The second-order valence-electron chi connectivity index (χ2n) is 14.0. The van der Waals surface area contributed by atoms with Crippen LogP contribution < -0.4 is 5.32 Å². The summed E-state index contributed by atoms with van der Waals surface area (Å²) in [4.78, 5) is 24.7. The van der Waals surface area contributed by atoms with E-state index in [1.807, 2.05) is 39.9 Å². The molecule has 1 saturated heterocycles. The fraction of sp³-hybridized carbons (Fsp3) is 0.217. The van der Waals surface area contributed by atoms with Crippen molar-refractivity contribution in [1.29, 1.82) is 0 Å². The molecule has 9 heteroatoms. The number of anilines is 1. The zero-order valence-corrected chi connectivity index (χ0v) is 31.1. The first-order valence-corrected chi connectivity index (χ1v) is 19.2. The Morgan fingerprint density at radius 1 is 0.727 bits per heavy atom. The molecular weight excluding hydrogens is 681 g/mol. The molecule has 0 unspecified atom stereocenters. The second-order valence-corrected chi connectivity index (χ2v) is 14.0. The lowest BCUT2D eigenvalue weighted by molar-refractivity contribution is 0.0793. The summed E-state index contributed by atoms with van der Waals surface area (Å²) >= 11 is 0. The van der Waals surface area contributed by atoms with E-state index in [-0.39, 0.29) is 5.91 Å². The van der Waals surface area contributed by atoms with E-state index >= 15 is 0 Å². The Morgan fingerprint density at radius 3 is 1.91 bits per heavy atom. The van der Waals surface area contributed by atoms with Crippen LogP contribution in [0.25, 0.3) is 22.5 Å². The number of aromatic nitrogens is 6. The lowest BCUT2D eigenvalue weighted by atomic mass is 9.77. The fourth-order valence-corrected chi connectivity index (χ4v) is 7.66. The number of tetrazole rings is 1. The van der Waals surface area contributed by atoms with Gasteiger partial charge in [0.15, 0.2) is 5.82 Å². The molecule has 0 saturated carbocycles. The van der Waals surface area contributed by atoms with E-state index in [0.29, 0.717) is 23.8 Å². The van der Waals surface area contributed by atoms with Crippen LogP contribution >= 0.6 is 0 Å². The molecule has 1 fully saturated rings. The first-order valence-electron chi connectivity index (χ1n) is 19.2. The number of hydrogen-bond donors (Lipinski definition) is 1. The fourth-order valence-electron chi connectivity index (χ4n) is 7.66. The third-order valence-electron chi connectivity index (χ3n) is 10.5. The number of carbonyl (C=O) groups excluding carboxylic acids is 1. The van der Waals surface area contributed by atoms with Gasteiger partial charge < -0.3 is 10.2 Å². The number of likely N-dealkylation sites (tertiary alicyclic amines) is 1. The summed E-state index contributed by atoms with van der Waals surface area (Å²) < 4.78 is 1.97. The van der Waals surface area contributed by atoms with Gasteiger partial charge in [-0.15, -0.1) is 5.10 Å². The highest BCUT2D eigenvalue weighted by atomic mass is 16.2. The molecule has 0 radical (unpaired) electrons. The Kier molecular flexibility index (Phi) is 10.5. The van der Waals surface area contributed by atoms with Gasteiger partial charge in [-0.2, -0.15) is 0 Å². The molecule has 8 rings (SSSR count). The molecule has 0 atom stereocenters. The molecule has 1 aliphatic heterocycles. The van der Waals surface area contributed by atoms with Gasteiger partial charge in [-0.1, -0.05) is 153 Å². The average molecular weight is 725 g/mol. The molecule has 5 aromatic carbocycles. The van der Waals surface area contributed by atoms with Gasteiger partial charge in [0.2, 0.25) is 0 Å². The van der Waals surface area contributed by atoms with Crippen molar-refractivity contribution < 1.29 is 4.79 Å². The summed E-state index contributed by atoms with van der Waals surface area (Å²) in [6.45, 7) is 4.22. The van der Waals surface area contributed by atoms with E-state index in [1.54, 1.807) is 6.20 Å². The van der Waals surface area contributed by atoms with E-state index in [4.69, 9.17) is 15.3 Å².